The molecule has 1 fully saturated rings. The fourth-order valence-electron chi connectivity index (χ4n) is 2.31. The molecule has 106 valence electrons. The van der Waals surface area contributed by atoms with Gasteiger partial charge in [0, 0.05) is 26.2 Å². The molecule has 0 aromatic heterocycles. The number of benzene rings is 1. The average molecular weight is 283 g/mol. The topological polar surface area (TPSA) is 66.6 Å². The molecular formula is C13H21N3O2S. The quantitative estimate of drug-likeness (QED) is 0.816. The van der Waals surface area contributed by atoms with Crippen LogP contribution in [0.1, 0.15) is 11.1 Å². The second-order valence-electron chi connectivity index (χ2n) is 5.15. The molecule has 5 nitrogen and oxygen atoms in total. The van der Waals surface area contributed by atoms with Gasteiger partial charge in [-0.3, -0.25) is 0 Å². The summed E-state index contributed by atoms with van der Waals surface area (Å²) in [4.78, 5) is 2.40. The zero-order valence-electron chi connectivity index (χ0n) is 11.7. The van der Waals surface area contributed by atoms with Crippen LogP contribution in [0.3, 0.4) is 0 Å². The Morgan fingerprint density at radius 3 is 2.16 bits per heavy atom. The van der Waals surface area contributed by atoms with Crippen molar-refractivity contribution in [2.75, 3.05) is 39.0 Å². The zero-order valence-corrected chi connectivity index (χ0v) is 12.5. The maximum Gasteiger partial charge on any atom is 0.245 e. The van der Waals surface area contributed by atoms with Gasteiger partial charge < -0.3 is 10.6 Å². The molecule has 2 rings (SSSR count). The van der Waals surface area contributed by atoms with Gasteiger partial charge in [-0.05, 0) is 32.0 Å². The van der Waals surface area contributed by atoms with Gasteiger partial charge in [-0.15, -0.1) is 0 Å². The van der Waals surface area contributed by atoms with Gasteiger partial charge in [-0.2, -0.15) is 4.31 Å². The summed E-state index contributed by atoms with van der Waals surface area (Å²) in [7, 11) is -1.49. The number of hydrogen-bond acceptors (Lipinski definition) is 4. The SMILES string of the molecule is Cc1ccc(C)c(S(=O)(=O)N2CCN(C)CC2)c1N. The third-order valence-corrected chi connectivity index (χ3v) is 5.77. The van der Waals surface area contributed by atoms with Crippen molar-refractivity contribution in [3.05, 3.63) is 23.3 Å². The molecule has 1 aliphatic rings. The van der Waals surface area contributed by atoms with Crippen LogP contribution in [-0.2, 0) is 10.0 Å². The minimum absolute atomic E-state index is 0.275. The van der Waals surface area contributed by atoms with E-state index < -0.39 is 10.0 Å². The molecular weight excluding hydrogens is 262 g/mol. The van der Waals surface area contributed by atoms with Crippen molar-refractivity contribution in [2.24, 2.45) is 0 Å². The molecule has 0 radical (unpaired) electrons. The summed E-state index contributed by atoms with van der Waals surface area (Å²) in [5, 5.41) is 0. The highest BCUT2D eigenvalue weighted by Crippen LogP contribution is 2.29. The zero-order chi connectivity index (χ0) is 14.2. The van der Waals surface area contributed by atoms with E-state index in [1.54, 1.807) is 6.92 Å². The van der Waals surface area contributed by atoms with Gasteiger partial charge in [0.2, 0.25) is 10.0 Å². The smallest absolute Gasteiger partial charge is 0.245 e. The summed E-state index contributed by atoms with van der Waals surface area (Å²) < 4.78 is 27.0. The van der Waals surface area contributed by atoms with Crippen molar-refractivity contribution in [1.82, 2.24) is 9.21 Å². The van der Waals surface area contributed by atoms with E-state index in [-0.39, 0.29) is 4.90 Å². The predicted molar refractivity (Wildman–Crippen MR) is 76.6 cm³/mol. The minimum atomic E-state index is -3.49. The van der Waals surface area contributed by atoms with Crippen molar-refractivity contribution in [3.8, 4) is 0 Å². The number of hydrogen-bond donors (Lipinski definition) is 1. The lowest BCUT2D eigenvalue weighted by Crippen LogP contribution is -2.47. The van der Waals surface area contributed by atoms with E-state index in [0.717, 1.165) is 18.7 Å². The summed E-state index contributed by atoms with van der Waals surface area (Å²) in [5.41, 5.74) is 7.88. The summed E-state index contributed by atoms with van der Waals surface area (Å²) in [5.74, 6) is 0. The van der Waals surface area contributed by atoms with Crippen LogP contribution < -0.4 is 5.73 Å². The monoisotopic (exact) mass is 283 g/mol. The molecule has 2 N–H and O–H groups in total. The maximum absolute atomic E-state index is 12.7. The fraction of sp³-hybridized carbons (Fsp3) is 0.538. The van der Waals surface area contributed by atoms with Crippen LogP contribution in [-0.4, -0.2) is 50.8 Å². The van der Waals surface area contributed by atoms with Crippen molar-refractivity contribution in [1.29, 1.82) is 0 Å². The van der Waals surface area contributed by atoms with E-state index >= 15 is 0 Å². The van der Waals surface area contributed by atoms with Crippen molar-refractivity contribution in [3.63, 3.8) is 0 Å². The van der Waals surface area contributed by atoms with Crippen LogP contribution in [0.25, 0.3) is 0 Å². The van der Waals surface area contributed by atoms with Crippen molar-refractivity contribution < 1.29 is 8.42 Å². The molecule has 0 saturated carbocycles. The number of anilines is 1. The Morgan fingerprint density at radius 2 is 1.58 bits per heavy atom. The van der Waals surface area contributed by atoms with E-state index in [0.29, 0.717) is 24.3 Å². The minimum Gasteiger partial charge on any atom is -0.397 e. The Labute approximate surface area is 115 Å². The number of rotatable bonds is 2. The molecule has 1 heterocycles. The molecule has 0 amide bonds. The van der Waals surface area contributed by atoms with Gasteiger partial charge >= 0.3 is 0 Å². The second kappa shape index (κ2) is 5.11. The molecule has 1 saturated heterocycles. The number of aryl methyl sites for hydroxylation is 2. The second-order valence-corrected chi connectivity index (χ2v) is 7.02. The lowest BCUT2D eigenvalue weighted by molar-refractivity contribution is 0.222. The first-order valence-corrected chi connectivity index (χ1v) is 7.82. The summed E-state index contributed by atoms with van der Waals surface area (Å²) >= 11 is 0. The van der Waals surface area contributed by atoms with Crippen molar-refractivity contribution >= 4 is 15.7 Å². The maximum atomic E-state index is 12.7. The van der Waals surface area contributed by atoms with Gasteiger partial charge in [0.25, 0.3) is 0 Å². The van der Waals surface area contributed by atoms with E-state index in [1.807, 2.05) is 26.1 Å². The standard InChI is InChI=1S/C13H21N3O2S/c1-10-4-5-11(2)13(12(10)14)19(17,18)16-8-6-15(3)7-9-16/h4-5H,6-9,14H2,1-3H3. The Morgan fingerprint density at radius 1 is 1.05 bits per heavy atom. The number of nitrogens with zero attached hydrogens (tertiary/aromatic N) is 2. The third-order valence-electron chi connectivity index (χ3n) is 3.67. The molecule has 0 aliphatic carbocycles. The normalized spacial score (nSPS) is 18.7. The number of sulfonamides is 1. The van der Waals surface area contributed by atoms with Crippen LogP contribution in [0.4, 0.5) is 5.69 Å². The fourth-order valence-corrected chi connectivity index (χ4v) is 4.12. The van der Waals surface area contributed by atoms with E-state index in [4.69, 9.17) is 5.73 Å². The molecule has 0 bridgehead atoms. The molecule has 1 aromatic rings. The summed E-state index contributed by atoms with van der Waals surface area (Å²) in [6.07, 6.45) is 0. The van der Waals surface area contributed by atoms with Crippen LogP contribution in [0.15, 0.2) is 17.0 Å². The Bertz CT molecular complexity index is 576. The van der Waals surface area contributed by atoms with Gasteiger partial charge in [0.05, 0.1) is 5.69 Å². The first-order valence-electron chi connectivity index (χ1n) is 6.38. The van der Waals surface area contributed by atoms with Crippen LogP contribution in [0.5, 0.6) is 0 Å². The lowest BCUT2D eigenvalue weighted by Gasteiger charge is -2.32. The van der Waals surface area contributed by atoms with Gasteiger partial charge in [0.15, 0.2) is 0 Å². The molecule has 19 heavy (non-hydrogen) atoms. The Hall–Kier alpha value is -1.11. The van der Waals surface area contributed by atoms with Gasteiger partial charge in [-0.1, -0.05) is 12.1 Å². The highest BCUT2D eigenvalue weighted by atomic mass is 32.2. The van der Waals surface area contributed by atoms with Crippen molar-refractivity contribution in [2.45, 2.75) is 18.7 Å². The molecule has 0 spiro atoms. The molecule has 1 aromatic carbocycles. The highest BCUT2D eigenvalue weighted by Gasteiger charge is 2.30. The van der Waals surface area contributed by atoms with Crippen LogP contribution in [0.2, 0.25) is 0 Å². The van der Waals surface area contributed by atoms with E-state index in [2.05, 4.69) is 4.90 Å². The number of likely N-dealkylation sites (N-methyl/N-ethyl adjacent to an activating group) is 1. The van der Waals surface area contributed by atoms with Gasteiger partial charge in [0.1, 0.15) is 4.90 Å². The average Bonchev–Trinajstić information content (AvgIpc) is 2.34. The van der Waals surface area contributed by atoms with Crippen LogP contribution >= 0.6 is 0 Å². The molecule has 0 unspecified atom stereocenters. The number of nitrogens with two attached hydrogens (primary N) is 1. The third kappa shape index (κ3) is 2.61. The number of piperazine rings is 1. The highest BCUT2D eigenvalue weighted by molar-refractivity contribution is 7.89. The lowest BCUT2D eigenvalue weighted by atomic mass is 10.1. The van der Waals surface area contributed by atoms with Crippen LogP contribution in [0, 0.1) is 13.8 Å². The molecule has 0 atom stereocenters. The molecule has 1 aliphatic heterocycles. The first kappa shape index (κ1) is 14.3. The first-order chi connectivity index (χ1) is 8.84. The summed E-state index contributed by atoms with van der Waals surface area (Å²) in [6.45, 7) is 6.17. The predicted octanol–water partition coefficient (Wildman–Crippen LogP) is 0.822. The van der Waals surface area contributed by atoms with E-state index in [9.17, 15) is 8.42 Å². The van der Waals surface area contributed by atoms with Gasteiger partial charge in [-0.25, -0.2) is 8.42 Å². The number of nitrogen functional groups attached to an aromatic ring is 1. The van der Waals surface area contributed by atoms with E-state index in [1.165, 1.54) is 4.31 Å². The molecule has 6 heteroatoms. The largest absolute Gasteiger partial charge is 0.397 e. The summed E-state index contributed by atoms with van der Waals surface area (Å²) in [6, 6.07) is 3.67. The Kier molecular flexibility index (Phi) is 3.85. The Balaban J connectivity index is 2.43.